The Hall–Kier alpha value is -0.460. The second kappa shape index (κ2) is 6.12. The van der Waals surface area contributed by atoms with Crippen LogP contribution in [0.4, 0.5) is 0 Å². The Balaban J connectivity index is 2.97. The maximum absolute atomic E-state index is 11.6. The van der Waals surface area contributed by atoms with Crippen LogP contribution in [0.5, 0.6) is 0 Å². The molecule has 0 bridgehead atoms. The maximum Gasteiger partial charge on any atom is 0.156 e. The highest BCUT2D eigenvalue weighted by atomic mass is 32.2. The zero-order valence-electron chi connectivity index (χ0n) is 11.6. The third kappa shape index (κ3) is 4.03. The molecule has 0 saturated carbocycles. The Morgan fingerprint density at radius 3 is 2.39 bits per heavy atom. The van der Waals surface area contributed by atoms with Gasteiger partial charge >= 0.3 is 0 Å². The fraction of sp³-hybridized carbons (Fsp3) is 0.750. The summed E-state index contributed by atoms with van der Waals surface area (Å²) in [6.45, 7) is 8.68. The first-order chi connectivity index (χ1) is 8.25. The summed E-state index contributed by atoms with van der Waals surface area (Å²) in [6, 6.07) is 0.410. The number of aromatic nitrogens is 1. The molecule has 0 fully saturated rings. The average Bonchev–Trinajstić information content (AvgIpc) is 2.66. The van der Waals surface area contributed by atoms with E-state index in [0.29, 0.717) is 11.0 Å². The van der Waals surface area contributed by atoms with Gasteiger partial charge in [0.25, 0.3) is 0 Å². The van der Waals surface area contributed by atoms with Crippen molar-refractivity contribution in [2.45, 2.75) is 52.0 Å². The van der Waals surface area contributed by atoms with Crippen LogP contribution in [-0.4, -0.2) is 25.7 Å². The van der Waals surface area contributed by atoms with Gasteiger partial charge in [-0.15, -0.1) is 11.3 Å². The standard InChI is InChI=1S/C12H22N2O2S2/c1-6-10-11(7-13-8(2)3)17-12(14-10)9(4)18(5,15)16/h8-9,13H,6-7H2,1-5H3. The van der Waals surface area contributed by atoms with Crippen molar-refractivity contribution in [2.75, 3.05) is 6.26 Å². The van der Waals surface area contributed by atoms with E-state index in [2.05, 4.69) is 24.1 Å². The smallest absolute Gasteiger partial charge is 0.156 e. The van der Waals surface area contributed by atoms with E-state index in [1.807, 2.05) is 6.92 Å². The highest BCUT2D eigenvalue weighted by molar-refractivity contribution is 7.91. The number of nitrogens with one attached hydrogen (secondary N) is 1. The van der Waals surface area contributed by atoms with Crippen LogP contribution in [0.15, 0.2) is 0 Å². The summed E-state index contributed by atoms with van der Waals surface area (Å²) in [5.41, 5.74) is 1.01. The first-order valence-electron chi connectivity index (χ1n) is 6.16. The first-order valence-corrected chi connectivity index (χ1v) is 8.93. The minimum Gasteiger partial charge on any atom is -0.310 e. The van der Waals surface area contributed by atoms with Crippen molar-refractivity contribution < 1.29 is 8.42 Å². The van der Waals surface area contributed by atoms with Crippen molar-refractivity contribution in [1.29, 1.82) is 0 Å². The van der Waals surface area contributed by atoms with E-state index in [-0.39, 0.29) is 0 Å². The number of rotatable bonds is 6. The third-order valence-corrected chi connectivity index (χ3v) is 5.73. The van der Waals surface area contributed by atoms with Crippen LogP contribution >= 0.6 is 11.3 Å². The topological polar surface area (TPSA) is 59.1 Å². The fourth-order valence-corrected chi connectivity index (χ4v) is 3.60. The molecule has 0 aliphatic heterocycles. The van der Waals surface area contributed by atoms with E-state index in [1.54, 1.807) is 6.92 Å². The molecule has 0 aliphatic rings. The number of hydrogen-bond acceptors (Lipinski definition) is 5. The fourth-order valence-electron chi connectivity index (χ4n) is 1.47. The summed E-state index contributed by atoms with van der Waals surface area (Å²) in [6.07, 6.45) is 2.10. The van der Waals surface area contributed by atoms with Crippen LogP contribution in [0, 0.1) is 0 Å². The molecule has 0 saturated heterocycles. The van der Waals surface area contributed by atoms with Crippen LogP contribution in [0.2, 0.25) is 0 Å². The van der Waals surface area contributed by atoms with Crippen molar-refractivity contribution in [2.24, 2.45) is 0 Å². The van der Waals surface area contributed by atoms with Gasteiger partial charge in [-0.25, -0.2) is 13.4 Å². The Bertz CT molecular complexity index is 492. The van der Waals surface area contributed by atoms with Gasteiger partial charge in [0, 0.05) is 23.7 Å². The van der Waals surface area contributed by atoms with E-state index in [4.69, 9.17) is 0 Å². The summed E-state index contributed by atoms with van der Waals surface area (Å²) in [5, 5.41) is 3.54. The van der Waals surface area contributed by atoms with Crippen molar-refractivity contribution in [1.82, 2.24) is 10.3 Å². The molecular formula is C12H22N2O2S2. The number of thiazole rings is 1. The number of sulfone groups is 1. The summed E-state index contributed by atoms with van der Waals surface area (Å²) in [7, 11) is -3.07. The lowest BCUT2D eigenvalue weighted by atomic mass is 10.3. The second-order valence-electron chi connectivity index (χ2n) is 4.78. The molecule has 4 nitrogen and oxygen atoms in total. The minimum absolute atomic E-state index is 0.410. The molecule has 1 N–H and O–H groups in total. The lowest BCUT2D eigenvalue weighted by Crippen LogP contribution is -2.21. The van der Waals surface area contributed by atoms with Crippen molar-refractivity contribution in [3.63, 3.8) is 0 Å². The zero-order valence-corrected chi connectivity index (χ0v) is 13.3. The molecule has 0 aliphatic carbocycles. The van der Waals surface area contributed by atoms with Crippen molar-refractivity contribution in [3.8, 4) is 0 Å². The molecule has 0 spiro atoms. The molecule has 1 aromatic rings. The molecule has 0 aromatic carbocycles. The Morgan fingerprint density at radius 2 is 1.94 bits per heavy atom. The highest BCUT2D eigenvalue weighted by Crippen LogP contribution is 2.28. The molecule has 0 amide bonds. The lowest BCUT2D eigenvalue weighted by Gasteiger charge is -2.06. The van der Waals surface area contributed by atoms with Gasteiger partial charge in [0.05, 0.1) is 5.69 Å². The molecule has 18 heavy (non-hydrogen) atoms. The maximum atomic E-state index is 11.6. The van der Waals surface area contributed by atoms with Crippen LogP contribution in [0.3, 0.4) is 0 Å². The molecule has 1 heterocycles. The van der Waals surface area contributed by atoms with Crippen molar-refractivity contribution in [3.05, 3.63) is 15.6 Å². The van der Waals surface area contributed by atoms with Gasteiger partial charge in [0.1, 0.15) is 10.3 Å². The number of hydrogen-bond donors (Lipinski definition) is 1. The van der Waals surface area contributed by atoms with Crippen LogP contribution in [0.25, 0.3) is 0 Å². The summed E-state index contributed by atoms with van der Waals surface area (Å²) < 4.78 is 23.1. The van der Waals surface area contributed by atoms with Crippen molar-refractivity contribution >= 4 is 21.2 Å². The molecule has 6 heteroatoms. The number of nitrogens with zero attached hydrogens (tertiary/aromatic N) is 1. The summed E-state index contributed by atoms with van der Waals surface area (Å²) >= 11 is 1.51. The van der Waals surface area contributed by atoms with E-state index in [0.717, 1.165) is 23.5 Å². The predicted molar refractivity (Wildman–Crippen MR) is 76.7 cm³/mol. The van der Waals surface area contributed by atoms with Gasteiger partial charge in [-0.2, -0.15) is 0 Å². The summed E-state index contributed by atoms with van der Waals surface area (Å²) in [4.78, 5) is 5.62. The summed E-state index contributed by atoms with van der Waals surface area (Å²) in [5.74, 6) is 0. The Morgan fingerprint density at radius 1 is 1.33 bits per heavy atom. The van der Waals surface area contributed by atoms with Gasteiger partial charge in [0.2, 0.25) is 0 Å². The molecule has 104 valence electrons. The van der Waals surface area contributed by atoms with E-state index in [1.165, 1.54) is 17.6 Å². The van der Waals surface area contributed by atoms with Crippen LogP contribution in [0.1, 0.15) is 48.5 Å². The Labute approximate surface area is 114 Å². The van der Waals surface area contributed by atoms with Gasteiger partial charge in [-0.1, -0.05) is 20.8 Å². The monoisotopic (exact) mass is 290 g/mol. The quantitative estimate of drug-likeness (QED) is 0.873. The number of aryl methyl sites for hydroxylation is 1. The molecule has 1 rings (SSSR count). The first kappa shape index (κ1) is 15.6. The van der Waals surface area contributed by atoms with Gasteiger partial charge < -0.3 is 5.32 Å². The molecular weight excluding hydrogens is 268 g/mol. The van der Waals surface area contributed by atoms with Crippen LogP contribution in [-0.2, 0) is 22.8 Å². The molecule has 1 atom stereocenters. The molecule has 0 radical (unpaired) electrons. The van der Waals surface area contributed by atoms with Crippen LogP contribution < -0.4 is 5.32 Å². The van der Waals surface area contributed by atoms with E-state index in [9.17, 15) is 8.42 Å². The highest BCUT2D eigenvalue weighted by Gasteiger charge is 2.22. The third-order valence-electron chi connectivity index (χ3n) is 2.79. The van der Waals surface area contributed by atoms with E-state index < -0.39 is 15.1 Å². The lowest BCUT2D eigenvalue weighted by molar-refractivity contribution is 0.590. The zero-order chi connectivity index (χ0) is 13.9. The van der Waals surface area contributed by atoms with Gasteiger partial charge in [-0.05, 0) is 13.3 Å². The van der Waals surface area contributed by atoms with Gasteiger partial charge in [-0.3, -0.25) is 0 Å². The Kier molecular flexibility index (Phi) is 5.31. The van der Waals surface area contributed by atoms with Gasteiger partial charge in [0.15, 0.2) is 9.84 Å². The normalized spacial score (nSPS) is 14.1. The minimum atomic E-state index is -3.07. The van der Waals surface area contributed by atoms with E-state index >= 15 is 0 Å². The molecule has 1 unspecified atom stereocenters. The second-order valence-corrected chi connectivity index (χ2v) is 8.26. The molecule has 1 aromatic heterocycles. The largest absolute Gasteiger partial charge is 0.310 e. The average molecular weight is 290 g/mol. The predicted octanol–water partition coefficient (Wildman–Crippen LogP) is 2.31. The SMILES string of the molecule is CCc1nc(C(C)S(C)(=O)=O)sc1CNC(C)C.